The molecule has 1 heterocycles. The molecule has 0 aliphatic carbocycles. The van der Waals surface area contributed by atoms with Crippen molar-refractivity contribution < 1.29 is 0 Å². The van der Waals surface area contributed by atoms with E-state index >= 15 is 0 Å². The number of piperidine rings is 1. The molecule has 1 saturated heterocycles. The van der Waals surface area contributed by atoms with E-state index in [4.69, 9.17) is 5.73 Å². The summed E-state index contributed by atoms with van der Waals surface area (Å²) in [6, 6.07) is 1.35. The largest absolute Gasteiger partial charge is 0.329 e. The van der Waals surface area contributed by atoms with Gasteiger partial charge in [-0.15, -0.1) is 0 Å². The summed E-state index contributed by atoms with van der Waals surface area (Å²) in [5.74, 6) is 0.841. The van der Waals surface area contributed by atoms with Crippen LogP contribution in [0.5, 0.6) is 0 Å². The lowest BCUT2D eigenvalue weighted by atomic mass is 9.89. The normalized spacial score (nSPS) is 27.3. The van der Waals surface area contributed by atoms with E-state index in [0.717, 1.165) is 18.5 Å². The summed E-state index contributed by atoms with van der Waals surface area (Å²) in [4.78, 5) is 2.69. The molecule has 108 valence electrons. The van der Waals surface area contributed by atoms with Crippen molar-refractivity contribution in [1.29, 1.82) is 0 Å². The third kappa shape index (κ3) is 4.89. The fraction of sp³-hybridized carbons (Fsp3) is 1.00. The fourth-order valence-electron chi connectivity index (χ4n) is 3.29. The zero-order chi connectivity index (χ0) is 13.4. The van der Waals surface area contributed by atoms with Crippen LogP contribution in [0.15, 0.2) is 0 Å². The third-order valence-corrected chi connectivity index (χ3v) is 4.80. The van der Waals surface area contributed by atoms with E-state index in [9.17, 15) is 0 Å². The highest BCUT2D eigenvalue weighted by atomic mass is 15.2. The van der Waals surface area contributed by atoms with Crippen LogP contribution in [0.1, 0.15) is 72.1 Å². The number of likely N-dealkylation sites (tertiary alicyclic amines) is 1. The van der Waals surface area contributed by atoms with Crippen molar-refractivity contribution in [3.63, 3.8) is 0 Å². The third-order valence-electron chi connectivity index (χ3n) is 4.80. The highest BCUT2D eigenvalue weighted by Gasteiger charge is 2.29. The van der Waals surface area contributed by atoms with Crippen molar-refractivity contribution in [3.05, 3.63) is 0 Å². The monoisotopic (exact) mass is 254 g/mol. The Kier molecular flexibility index (Phi) is 7.92. The lowest BCUT2D eigenvalue weighted by Gasteiger charge is -2.42. The molecule has 0 spiro atoms. The van der Waals surface area contributed by atoms with Crippen LogP contribution in [0.4, 0.5) is 0 Å². The molecule has 2 N–H and O–H groups in total. The van der Waals surface area contributed by atoms with Crippen LogP contribution in [-0.4, -0.2) is 30.1 Å². The maximum atomic E-state index is 6.01. The number of nitrogens with two attached hydrogens (primary N) is 1. The van der Waals surface area contributed by atoms with Crippen molar-refractivity contribution in [3.8, 4) is 0 Å². The first-order valence-electron chi connectivity index (χ1n) is 8.16. The molecule has 1 rings (SSSR count). The molecule has 1 aliphatic rings. The predicted molar refractivity (Wildman–Crippen MR) is 80.8 cm³/mol. The predicted octanol–water partition coefficient (Wildman–Crippen LogP) is 3.79. The molecule has 1 fully saturated rings. The summed E-state index contributed by atoms with van der Waals surface area (Å²) in [6.45, 7) is 9.17. The van der Waals surface area contributed by atoms with Gasteiger partial charge in [-0.2, -0.15) is 0 Å². The van der Waals surface area contributed by atoms with E-state index in [2.05, 4.69) is 25.7 Å². The van der Waals surface area contributed by atoms with E-state index in [1.165, 1.54) is 57.9 Å². The van der Waals surface area contributed by atoms with Gasteiger partial charge in [0.2, 0.25) is 0 Å². The Balaban J connectivity index is 2.30. The maximum Gasteiger partial charge on any atom is 0.0221 e. The van der Waals surface area contributed by atoms with Crippen molar-refractivity contribution in [2.24, 2.45) is 11.7 Å². The van der Waals surface area contributed by atoms with Crippen molar-refractivity contribution in [1.82, 2.24) is 4.90 Å². The van der Waals surface area contributed by atoms with Crippen LogP contribution in [0.2, 0.25) is 0 Å². The molecule has 2 heteroatoms. The van der Waals surface area contributed by atoms with E-state index in [1.54, 1.807) is 0 Å². The summed E-state index contributed by atoms with van der Waals surface area (Å²) < 4.78 is 0. The lowest BCUT2D eigenvalue weighted by Crippen LogP contribution is -2.51. The molecule has 0 aromatic rings. The van der Waals surface area contributed by atoms with Crippen LogP contribution in [0, 0.1) is 5.92 Å². The van der Waals surface area contributed by atoms with Crippen molar-refractivity contribution in [2.75, 3.05) is 13.1 Å². The van der Waals surface area contributed by atoms with Crippen LogP contribution >= 0.6 is 0 Å². The number of rotatable bonds is 8. The molecule has 0 radical (unpaired) electrons. The second kappa shape index (κ2) is 8.92. The molecule has 0 amide bonds. The van der Waals surface area contributed by atoms with Gasteiger partial charge < -0.3 is 5.73 Å². The zero-order valence-corrected chi connectivity index (χ0v) is 12.8. The van der Waals surface area contributed by atoms with Gasteiger partial charge in [0.1, 0.15) is 0 Å². The highest BCUT2D eigenvalue weighted by Crippen LogP contribution is 2.26. The molecule has 1 aliphatic heterocycles. The lowest BCUT2D eigenvalue weighted by molar-refractivity contribution is 0.0662. The van der Waals surface area contributed by atoms with Gasteiger partial charge >= 0.3 is 0 Å². The smallest absolute Gasteiger partial charge is 0.0221 e. The van der Waals surface area contributed by atoms with Crippen molar-refractivity contribution in [2.45, 2.75) is 84.2 Å². The topological polar surface area (TPSA) is 29.3 Å². The Morgan fingerprint density at radius 1 is 1.17 bits per heavy atom. The fourth-order valence-corrected chi connectivity index (χ4v) is 3.29. The first-order chi connectivity index (χ1) is 8.70. The summed E-state index contributed by atoms with van der Waals surface area (Å²) in [6.07, 6.45) is 10.9. The van der Waals surface area contributed by atoms with Crippen LogP contribution in [0.3, 0.4) is 0 Å². The summed E-state index contributed by atoms with van der Waals surface area (Å²) >= 11 is 0. The molecule has 0 saturated carbocycles. The molecule has 0 aromatic carbocycles. The van der Waals surface area contributed by atoms with E-state index < -0.39 is 0 Å². The number of hydrogen-bond donors (Lipinski definition) is 1. The second-order valence-electron chi connectivity index (χ2n) is 6.19. The van der Waals surface area contributed by atoms with Gasteiger partial charge in [0.25, 0.3) is 0 Å². The average molecular weight is 254 g/mol. The minimum atomic E-state index is 0.629. The molecule has 0 bridgehead atoms. The van der Waals surface area contributed by atoms with Crippen molar-refractivity contribution >= 4 is 0 Å². The van der Waals surface area contributed by atoms with Gasteiger partial charge in [0.05, 0.1) is 0 Å². The standard InChI is InChI=1S/C16H34N2/c1-4-5-6-7-8-11-16(13-17)18-12-9-10-14(2)15(18)3/h14-16H,4-13,17H2,1-3H3. The van der Waals surface area contributed by atoms with Crippen LogP contribution in [0.25, 0.3) is 0 Å². The van der Waals surface area contributed by atoms with Gasteiger partial charge in [0.15, 0.2) is 0 Å². The molecule has 3 unspecified atom stereocenters. The maximum absolute atomic E-state index is 6.01. The Bertz CT molecular complexity index is 205. The molecular weight excluding hydrogens is 220 g/mol. The first kappa shape index (κ1) is 16.0. The molecule has 0 aromatic heterocycles. The molecule has 3 atom stereocenters. The molecule has 2 nitrogen and oxygen atoms in total. The quantitative estimate of drug-likeness (QED) is 0.668. The Morgan fingerprint density at radius 2 is 1.89 bits per heavy atom. The number of hydrogen-bond acceptors (Lipinski definition) is 2. The minimum Gasteiger partial charge on any atom is -0.329 e. The Hall–Kier alpha value is -0.0800. The Morgan fingerprint density at radius 3 is 2.56 bits per heavy atom. The first-order valence-corrected chi connectivity index (χ1v) is 8.16. The average Bonchev–Trinajstić information content (AvgIpc) is 2.38. The van der Waals surface area contributed by atoms with Gasteiger partial charge in [-0.25, -0.2) is 0 Å². The van der Waals surface area contributed by atoms with Gasteiger partial charge in [-0.3, -0.25) is 4.90 Å². The zero-order valence-electron chi connectivity index (χ0n) is 12.8. The van der Waals surface area contributed by atoms with Gasteiger partial charge in [-0.05, 0) is 38.6 Å². The number of unbranched alkanes of at least 4 members (excludes halogenated alkanes) is 4. The number of nitrogens with zero attached hydrogens (tertiary/aromatic N) is 1. The van der Waals surface area contributed by atoms with Crippen LogP contribution < -0.4 is 5.73 Å². The highest BCUT2D eigenvalue weighted by molar-refractivity contribution is 4.84. The summed E-state index contributed by atoms with van der Waals surface area (Å²) in [5.41, 5.74) is 6.01. The summed E-state index contributed by atoms with van der Waals surface area (Å²) in [7, 11) is 0. The second-order valence-corrected chi connectivity index (χ2v) is 6.19. The minimum absolute atomic E-state index is 0.629. The summed E-state index contributed by atoms with van der Waals surface area (Å²) in [5, 5.41) is 0. The van der Waals surface area contributed by atoms with Gasteiger partial charge in [0, 0.05) is 18.6 Å². The van der Waals surface area contributed by atoms with E-state index in [-0.39, 0.29) is 0 Å². The molecule has 18 heavy (non-hydrogen) atoms. The van der Waals surface area contributed by atoms with E-state index in [0.29, 0.717) is 6.04 Å². The SMILES string of the molecule is CCCCCCCC(CN)N1CCCC(C)C1C. The molecular formula is C16H34N2. The van der Waals surface area contributed by atoms with Crippen LogP contribution in [-0.2, 0) is 0 Å². The Labute approximate surface area is 114 Å². The van der Waals surface area contributed by atoms with E-state index in [1.807, 2.05) is 0 Å². The van der Waals surface area contributed by atoms with Gasteiger partial charge in [-0.1, -0.05) is 46.0 Å².